The topological polar surface area (TPSA) is 55.6 Å². The van der Waals surface area contributed by atoms with Gasteiger partial charge in [0.1, 0.15) is 5.60 Å². The highest BCUT2D eigenvalue weighted by Gasteiger charge is 2.34. The van der Waals surface area contributed by atoms with Crippen LogP contribution in [0.2, 0.25) is 0 Å². The van der Waals surface area contributed by atoms with Crippen molar-refractivity contribution in [3.05, 3.63) is 0 Å². The van der Waals surface area contributed by atoms with Gasteiger partial charge in [0.25, 0.3) is 0 Å². The van der Waals surface area contributed by atoms with Crippen LogP contribution in [0.25, 0.3) is 0 Å². The van der Waals surface area contributed by atoms with E-state index in [9.17, 15) is 4.79 Å². The van der Waals surface area contributed by atoms with Crippen molar-refractivity contribution in [2.24, 2.45) is 11.7 Å². The Morgan fingerprint density at radius 3 is 2.62 bits per heavy atom. The van der Waals surface area contributed by atoms with Crippen LogP contribution in [0.1, 0.15) is 20.8 Å². The third-order valence-corrected chi connectivity index (χ3v) is 3.29. The van der Waals surface area contributed by atoms with Crippen molar-refractivity contribution in [1.29, 1.82) is 0 Å². The lowest BCUT2D eigenvalue weighted by Crippen LogP contribution is -2.36. The van der Waals surface area contributed by atoms with Crippen molar-refractivity contribution >= 4 is 17.9 Å². The van der Waals surface area contributed by atoms with Crippen LogP contribution in [-0.2, 0) is 4.74 Å². The fourth-order valence-electron chi connectivity index (χ4n) is 1.76. The van der Waals surface area contributed by atoms with E-state index in [-0.39, 0.29) is 12.1 Å². The van der Waals surface area contributed by atoms with Crippen LogP contribution in [0.15, 0.2) is 0 Å². The summed E-state index contributed by atoms with van der Waals surface area (Å²) in [6.45, 7) is 6.96. The summed E-state index contributed by atoms with van der Waals surface area (Å²) in [5, 5.41) is 0. The van der Waals surface area contributed by atoms with Crippen LogP contribution in [0, 0.1) is 5.92 Å². The number of carbonyl (C=O) groups is 1. The molecule has 1 rings (SSSR count). The molecule has 2 N–H and O–H groups in total. The van der Waals surface area contributed by atoms with Crippen LogP contribution >= 0.6 is 11.8 Å². The van der Waals surface area contributed by atoms with Gasteiger partial charge in [0.15, 0.2) is 0 Å². The summed E-state index contributed by atoms with van der Waals surface area (Å²) in [5.41, 5.74) is 5.56. The van der Waals surface area contributed by atoms with Gasteiger partial charge in [-0.1, -0.05) is 0 Å². The van der Waals surface area contributed by atoms with Crippen molar-refractivity contribution in [2.45, 2.75) is 32.4 Å². The lowest BCUT2D eigenvalue weighted by Gasteiger charge is -2.24. The third kappa shape index (κ3) is 3.87. The maximum atomic E-state index is 11.8. The monoisotopic (exact) mass is 246 g/mol. The highest BCUT2D eigenvalue weighted by atomic mass is 32.2. The first kappa shape index (κ1) is 13.6. The van der Waals surface area contributed by atoms with Crippen molar-refractivity contribution in [1.82, 2.24) is 4.90 Å². The van der Waals surface area contributed by atoms with Gasteiger partial charge >= 0.3 is 6.09 Å². The van der Waals surface area contributed by atoms with E-state index in [1.165, 1.54) is 0 Å². The van der Waals surface area contributed by atoms with E-state index in [1.54, 1.807) is 16.7 Å². The first-order chi connectivity index (χ1) is 7.33. The zero-order valence-electron chi connectivity index (χ0n) is 10.5. The van der Waals surface area contributed by atoms with Gasteiger partial charge < -0.3 is 15.4 Å². The molecule has 0 aliphatic carbocycles. The second-order valence-corrected chi connectivity index (χ2v) is 6.18. The Bertz CT molecular complexity index is 253. The van der Waals surface area contributed by atoms with Crippen molar-refractivity contribution in [3.8, 4) is 0 Å². The van der Waals surface area contributed by atoms with E-state index in [1.807, 2.05) is 20.8 Å². The molecule has 0 bridgehead atoms. The van der Waals surface area contributed by atoms with Crippen LogP contribution in [0.5, 0.6) is 0 Å². The number of rotatable bonds is 2. The summed E-state index contributed by atoms with van der Waals surface area (Å²) < 4.78 is 5.32. The van der Waals surface area contributed by atoms with Gasteiger partial charge in [-0.05, 0) is 32.8 Å². The molecule has 1 aliphatic rings. The molecule has 0 radical (unpaired) electrons. The Balaban J connectivity index is 2.48. The summed E-state index contributed by atoms with van der Waals surface area (Å²) >= 11 is 1.77. The Hall–Kier alpha value is -0.420. The maximum Gasteiger partial charge on any atom is 0.410 e. The van der Waals surface area contributed by atoms with Gasteiger partial charge in [0, 0.05) is 25.0 Å². The summed E-state index contributed by atoms with van der Waals surface area (Å²) in [6, 6.07) is 0.0833. The Morgan fingerprint density at radius 2 is 2.12 bits per heavy atom. The van der Waals surface area contributed by atoms with E-state index in [2.05, 4.69) is 6.26 Å². The number of amides is 1. The van der Waals surface area contributed by atoms with Crippen LogP contribution in [-0.4, -0.2) is 47.7 Å². The van der Waals surface area contributed by atoms with Crippen LogP contribution in [0.4, 0.5) is 4.79 Å². The highest BCUT2D eigenvalue weighted by Crippen LogP contribution is 2.21. The number of nitrogens with zero attached hydrogens (tertiary/aromatic N) is 1. The molecule has 16 heavy (non-hydrogen) atoms. The second kappa shape index (κ2) is 5.27. The second-order valence-electron chi connectivity index (χ2n) is 5.26. The minimum absolute atomic E-state index is 0.0833. The summed E-state index contributed by atoms with van der Waals surface area (Å²) in [7, 11) is 0. The number of carbonyl (C=O) groups excluding carboxylic acids is 1. The average Bonchev–Trinajstić information content (AvgIpc) is 2.46. The lowest BCUT2D eigenvalue weighted by atomic mass is 10.1. The van der Waals surface area contributed by atoms with E-state index < -0.39 is 5.60 Å². The smallest absolute Gasteiger partial charge is 0.410 e. The molecule has 0 aromatic rings. The molecular weight excluding hydrogens is 224 g/mol. The highest BCUT2D eigenvalue weighted by molar-refractivity contribution is 7.98. The molecule has 2 unspecified atom stereocenters. The SMILES string of the molecule is CSCC1CN(C(=O)OC(C)(C)C)CC1N. The fourth-order valence-corrected chi connectivity index (χ4v) is 2.54. The lowest BCUT2D eigenvalue weighted by molar-refractivity contribution is 0.0288. The Kier molecular flexibility index (Phi) is 4.50. The van der Waals surface area contributed by atoms with E-state index in [0.29, 0.717) is 12.5 Å². The average molecular weight is 246 g/mol. The van der Waals surface area contributed by atoms with E-state index in [0.717, 1.165) is 12.3 Å². The predicted octanol–water partition coefficient (Wildman–Crippen LogP) is 1.54. The summed E-state index contributed by atoms with van der Waals surface area (Å²) in [4.78, 5) is 13.5. The largest absolute Gasteiger partial charge is 0.444 e. The molecule has 1 saturated heterocycles. The van der Waals surface area contributed by atoms with Crippen LogP contribution < -0.4 is 5.73 Å². The van der Waals surface area contributed by atoms with Gasteiger partial charge in [-0.3, -0.25) is 0 Å². The first-order valence-corrected chi connectivity index (χ1v) is 6.95. The molecule has 1 fully saturated rings. The molecular formula is C11H22N2O2S. The zero-order chi connectivity index (χ0) is 12.3. The van der Waals surface area contributed by atoms with E-state index in [4.69, 9.17) is 10.5 Å². The Morgan fingerprint density at radius 1 is 1.50 bits per heavy atom. The molecule has 0 aromatic carbocycles. The summed E-state index contributed by atoms with van der Waals surface area (Å²) in [6.07, 6.45) is 1.81. The standard InChI is InChI=1S/C11H22N2O2S/c1-11(2,3)15-10(14)13-5-8(7-16-4)9(12)6-13/h8-9H,5-7,12H2,1-4H3. The Labute approximate surface area is 102 Å². The molecule has 94 valence electrons. The van der Waals surface area contributed by atoms with Crippen molar-refractivity contribution in [2.75, 3.05) is 25.1 Å². The molecule has 4 nitrogen and oxygen atoms in total. The number of nitrogens with two attached hydrogens (primary N) is 1. The van der Waals surface area contributed by atoms with Crippen molar-refractivity contribution in [3.63, 3.8) is 0 Å². The quantitative estimate of drug-likeness (QED) is 0.803. The number of hydrogen-bond acceptors (Lipinski definition) is 4. The summed E-state index contributed by atoms with van der Waals surface area (Å²) in [5.74, 6) is 1.39. The zero-order valence-corrected chi connectivity index (χ0v) is 11.3. The molecule has 2 atom stereocenters. The predicted molar refractivity (Wildman–Crippen MR) is 67.7 cm³/mol. The number of ether oxygens (including phenoxy) is 1. The molecule has 0 saturated carbocycles. The molecule has 1 heterocycles. The van der Waals surface area contributed by atoms with Gasteiger partial charge in [-0.25, -0.2) is 4.79 Å². The van der Waals surface area contributed by atoms with Gasteiger partial charge in [0.2, 0.25) is 0 Å². The van der Waals surface area contributed by atoms with Gasteiger partial charge in [0.05, 0.1) is 0 Å². The van der Waals surface area contributed by atoms with Gasteiger partial charge in [-0.15, -0.1) is 0 Å². The molecule has 0 spiro atoms. The van der Waals surface area contributed by atoms with Crippen molar-refractivity contribution < 1.29 is 9.53 Å². The minimum Gasteiger partial charge on any atom is -0.444 e. The normalized spacial score (nSPS) is 25.9. The van der Waals surface area contributed by atoms with E-state index >= 15 is 0 Å². The third-order valence-electron chi connectivity index (χ3n) is 2.52. The minimum atomic E-state index is -0.432. The van der Waals surface area contributed by atoms with Crippen LogP contribution in [0.3, 0.4) is 0 Å². The van der Waals surface area contributed by atoms with Gasteiger partial charge in [-0.2, -0.15) is 11.8 Å². The number of hydrogen-bond donors (Lipinski definition) is 1. The maximum absolute atomic E-state index is 11.8. The first-order valence-electron chi connectivity index (χ1n) is 5.56. The molecule has 0 aromatic heterocycles. The number of likely N-dealkylation sites (tertiary alicyclic amines) is 1. The fraction of sp³-hybridized carbons (Fsp3) is 0.909. The molecule has 1 aliphatic heterocycles. The molecule has 1 amide bonds. The molecule has 5 heteroatoms. The number of thioether (sulfide) groups is 1.